The van der Waals surface area contributed by atoms with Gasteiger partial charge in [-0.15, -0.1) is 0 Å². The number of hydrogen-bond donors (Lipinski definition) is 1. The normalized spacial score (nSPS) is 11.0. The fourth-order valence-corrected chi connectivity index (χ4v) is 3.41. The van der Waals surface area contributed by atoms with E-state index in [1.807, 2.05) is 0 Å². The average molecular weight is 452 g/mol. The van der Waals surface area contributed by atoms with Crippen molar-refractivity contribution in [3.63, 3.8) is 0 Å². The van der Waals surface area contributed by atoms with Crippen LogP contribution < -0.4 is 5.32 Å². The molecule has 0 saturated carbocycles. The number of aromatic nitrogens is 1. The number of carbonyl (C=O) groups is 1. The topological polar surface area (TPSA) is 55.1 Å². The van der Waals surface area contributed by atoms with Crippen molar-refractivity contribution in [1.82, 2.24) is 4.98 Å². The second kappa shape index (κ2) is 7.64. The summed E-state index contributed by atoms with van der Waals surface area (Å²) >= 11 is 24.0. The molecule has 0 bridgehead atoms. The number of nitrogens with one attached hydrogen (secondary N) is 1. The van der Waals surface area contributed by atoms with Gasteiger partial charge < -0.3 is 9.73 Å². The Bertz CT molecular complexity index is 1220. The van der Waals surface area contributed by atoms with Crippen LogP contribution in [0.15, 0.2) is 59.0 Å². The van der Waals surface area contributed by atoms with Gasteiger partial charge in [-0.25, -0.2) is 4.98 Å². The van der Waals surface area contributed by atoms with Gasteiger partial charge in [0.05, 0.1) is 20.6 Å². The first-order chi connectivity index (χ1) is 13.4. The molecule has 0 aliphatic carbocycles. The predicted molar refractivity (Wildman–Crippen MR) is 114 cm³/mol. The van der Waals surface area contributed by atoms with Crippen LogP contribution in [0.25, 0.3) is 22.6 Å². The van der Waals surface area contributed by atoms with E-state index in [0.717, 1.165) is 0 Å². The van der Waals surface area contributed by atoms with Crippen molar-refractivity contribution in [3.05, 3.63) is 80.3 Å². The van der Waals surface area contributed by atoms with E-state index in [0.29, 0.717) is 53.9 Å². The molecule has 0 radical (unpaired) electrons. The van der Waals surface area contributed by atoms with Crippen LogP contribution in [0, 0.1) is 0 Å². The summed E-state index contributed by atoms with van der Waals surface area (Å²) in [5.74, 6) is 0.0482. The number of carbonyl (C=O) groups excluding carboxylic acids is 1. The Balaban J connectivity index is 1.62. The van der Waals surface area contributed by atoms with Crippen LogP contribution in [0.1, 0.15) is 10.4 Å². The van der Waals surface area contributed by atoms with E-state index in [9.17, 15) is 4.79 Å². The van der Waals surface area contributed by atoms with E-state index in [4.69, 9.17) is 50.8 Å². The third-order valence-corrected chi connectivity index (χ3v) is 5.28. The molecule has 0 saturated heterocycles. The zero-order chi connectivity index (χ0) is 19.8. The smallest absolute Gasteiger partial charge is 0.255 e. The number of rotatable bonds is 3. The number of hydrogen-bond acceptors (Lipinski definition) is 3. The van der Waals surface area contributed by atoms with Gasteiger partial charge in [-0.1, -0.05) is 46.4 Å². The van der Waals surface area contributed by atoms with Gasteiger partial charge >= 0.3 is 0 Å². The van der Waals surface area contributed by atoms with E-state index < -0.39 is 0 Å². The first-order valence-electron chi connectivity index (χ1n) is 8.03. The maximum atomic E-state index is 12.4. The lowest BCUT2D eigenvalue weighted by molar-refractivity contribution is 0.102. The molecule has 1 amide bonds. The minimum atomic E-state index is -0.317. The SMILES string of the molecule is O=C(Nc1ccc2oc(-c3ccc(Cl)cc3Cl)nc2c1)c1ccc(Cl)c(Cl)c1. The zero-order valence-electron chi connectivity index (χ0n) is 14.0. The molecular formula is C20H10Cl4N2O2. The maximum Gasteiger partial charge on any atom is 0.255 e. The van der Waals surface area contributed by atoms with Crippen LogP contribution in [0.4, 0.5) is 5.69 Å². The van der Waals surface area contributed by atoms with Crippen LogP contribution in [-0.2, 0) is 0 Å². The van der Waals surface area contributed by atoms with Crippen molar-refractivity contribution in [2.45, 2.75) is 0 Å². The molecule has 4 rings (SSSR count). The molecule has 0 aliphatic heterocycles. The molecule has 1 aromatic heterocycles. The molecule has 4 nitrogen and oxygen atoms in total. The Labute approximate surface area is 180 Å². The van der Waals surface area contributed by atoms with E-state index in [1.165, 1.54) is 6.07 Å². The van der Waals surface area contributed by atoms with E-state index in [1.54, 1.807) is 48.5 Å². The summed E-state index contributed by atoms with van der Waals surface area (Å²) in [5, 5.41) is 4.46. The van der Waals surface area contributed by atoms with E-state index >= 15 is 0 Å². The number of anilines is 1. The molecule has 0 unspecified atom stereocenters. The second-order valence-electron chi connectivity index (χ2n) is 5.91. The number of halogens is 4. The van der Waals surface area contributed by atoms with Crippen molar-refractivity contribution >= 4 is 69.1 Å². The standard InChI is InChI=1S/C20H10Cl4N2O2/c21-11-2-4-13(15(23)8-11)20-26-17-9-12(3-6-18(17)28-20)25-19(27)10-1-5-14(22)16(24)7-10/h1-9H,(H,25,27). The Hall–Kier alpha value is -2.24. The van der Waals surface area contributed by atoms with Crippen LogP contribution in [0.3, 0.4) is 0 Å². The number of benzene rings is 3. The second-order valence-corrected chi connectivity index (χ2v) is 7.57. The van der Waals surface area contributed by atoms with Crippen LogP contribution >= 0.6 is 46.4 Å². The summed E-state index contributed by atoms with van der Waals surface area (Å²) in [6.07, 6.45) is 0. The largest absolute Gasteiger partial charge is 0.436 e. The third kappa shape index (κ3) is 3.82. The summed E-state index contributed by atoms with van der Waals surface area (Å²) in [4.78, 5) is 16.9. The molecule has 3 aromatic carbocycles. The zero-order valence-corrected chi connectivity index (χ0v) is 17.0. The van der Waals surface area contributed by atoms with Gasteiger partial charge in [0.1, 0.15) is 5.52 Å². The highest BCUT2D eigenvalue weighted by atomic mass is 35.5. The lowest BCUT2D eigenvalue weighted by atomic mass is 10.2. The fourth-order valence-electron chi connectivity index (χ4n) is 2.62. The van der Waals surface area contributed by atoms with Crippen LogP contribution in [-0.4, -0.2) is 10.9 Å². The Morgan fingerprint density at radius 2 is 1.68 bits per heavy atom. The molecule has 1 heterocycles. The highest BCUT2D eigenvalue weighted by molar-refractivity contribution is 6.42. The number of fused-ring (bicyclic) bond motifs is 1. The van der Waals surface area contributed by atoms with Crippen molar-refractivity contribution in [2.75, 3.05) is 5.32 Å². The molecular weight excluding hydrogens is 442 g/mol. The fraction of sp³-hybridized carbons (Fsp3) is 0. The van der Waals surface area contributed by atoms with E-state index in [-0.39, 0.29) is 5.91 Å². The third-order valence-electron chi connectivity index (χ3n) is 3.99. The Morgan fingerprint density at radius 3 is 2.43 bits per heavy atom. The molecule has 28 heavy (non-hydrogen) atoms. The van der Waals surface area contributed by atoms with E-state index in [2.05, 4.69) is 10.3 Å². The van der Waals surface area contributed by atoms with Gasteiger partial charge in [-0.05, 0) is 54.6 Å². The molecule has 140 valence electrons. The summed E-state index contributed by atoms with van der Waals surface area (Å²) in [5.41, 5.74) is 2.72. The monoisotopic (exact) mass is 450 g/mol. The molecule has 8 heteroatoms. The van der Waals surface area contributed by atoms with Crippen molar-refractivity contribution in [2.24, 2.45) is 0 Å². The first kappa shape index (κ1) is 19.1. The average Bonchev–Trinajstić information content (AvgIpc) is 3.06. The number of amides is 1. The molecule has 0 aliphatic rings. The maximum absolute atomic E-state index is 12.4. The molecule has 0 fully saturated rings. The Morgan fingerprint density at radius 1 is 0.857 bits per heavy atom. The van der Waals surface area contributed by atoms with Gasteiger partial charge in [0.2, 0.25) is 5.89 Å². The van der Waals surface area contributed by atoms with Gasteiger partial charge in [0.25, 0.3) is 5.91 Å². The van der Waals surface area contributed by atoms with Gasteiger partial charge in [0.15, 0.2) is 5.58 Å². The highest BCUT2D eigenvalue weighted by Gasteiger charge is 2.14. The number of oxazole rings is 1. The predicted octanol–water partition coefficient (Wildman–Crippen LogP) is 7.36. The number of nitrogens with zero attached hydrogens (tertiary/aromatic N) is 1. The Kier molecular flexibility index (Phi) is 5.21. The minimum absolute atomic E-state index is 0.311. The van der Waals surface area contributed by atoms with Crippen LogP contribution in [0.2, 0.25) is 20.1 Å². The van der Waals surface area contributed by atoms with Gasteiger partial charge in [-0.2, -0.15) is 0 Å². The molecule has 1 N–H and O–H groups in total. The van der Waals surface area contributed by atoms with Crippen molar-refractivity contribution < 1.29 is 9.21 Å². The first-order valence-corrected chi connectivity index (χ1v) is 9.54. The summed E-state index contributed by atoms with van der Waals surface area (Å²) < 4.78 is 5.76. The summed E-state index contributed by atoms with van der Waals surface area (Å²) in [7, 11) is 0. The van der Waals surface area contributed by atoms with Gasteiger partial charge in [-0.3, -0.25) is 4.79 Å². The van der Waals surface area contributed by atoms with Crippen molar-refractivity contribution in [3.8, 4) is 11.5 Å². The van der Waals surface area contributed by atoms with Gasteiger partial charge in [0, 0.05) is 16.3 Å². The lowest BCUT2D eigenvalue weighted by Crippen LogP contribution is -2.11. The summed E-state index contributed by atoms with van der Waals surface area (Å²) in [6.45, 7) is 0. The molecule has 0 atom stereocenters. The molecule has 4 aromatic rings. The lowest BCUT2D eigenvalue weighted by Gasteiger charge is -2.06. The molecule has 0 spiro atoms. The highest BCUT2D eigenvalue weighted by Crippen LogP contribution is 2.32. The van der Waals surface area contributed by atoms with Crippen LogP contribution in [0.5, 0.6) is 0 Å². The summed E-state index contributed by atoms with van der Waals surface area (Å²) in [6, 6.07) is 14.9. The minimum Gasteiger partial charge on any atom is -0.436 e. The quantitative estimate of drug-likeness (QED) is 0.354. The van der Waals surface area contributed by atoms with Crippen molar-refractivity contribution in [1.29, 1.82) is 0 Å².